The maximum Gasteiger partial charge on any atom is 0.256 e. The van der Waals surface area contributed by atoms with E-state index in [2.05, 4.69) is 10.3 Å². The Morgan fingerprint density at radius 3 is 2.38 bits per heavy atom. The molecule has 0 bridgehead atoms. The van der Waals surface area contributed by atoms with Crippen LogP contribution in [0.4, 0.5) is 5.69 Å². The van der Waals surface area contributed by atoms with E-state index in [1.165, 1.54) is 0 Å². The lowest BCUT2D eigenvalue weighted by Crippen LogP contribution is -2.18. The lowest BCUT2D eigenvalue weighted by atomic mass is 10.1. The number of hydrogen-bond acceptors (Lipinski definition) is 3. The van der Waals surface area contributed by atoms with Crippen LogP contribution in [-0.4, -0.2) is 17.5 Å². The molecule has 0 unspecified atom stereocenters. The summed E-state index contributed by atoms with van der Waals surface area (Å²) in [4.78, 5) is 27.6. The first-order valence-corrected chi connectivity index (χ1v) is 9.33. The highest BCUT2D eigenvalue weighted by Gasteiger charge is 2.08. The van der Waals surface area contributed by atoms with Gasteiger partial charge in [0.15, 0.2) is 0 Å². The molecule has 0 saturated carbocycles. The van der Waals surface area contributed by atoms with Crippen LogP contribution in [0, 0.1) is 0 Å². The molecule has 0 aliphatic carbocycles. The van der Waals surface area contributed by atoms with Crippen LogP contribution in [-0.2, 0) is 16.1 Å². The standard InChI is InChI=1S/C24H20N2O3/c27-23(16-29-15-17-7-3-1-4-8-17)25-20-12-11-19-13-22(18-9-5-2-6-10-18)26-24(28)21(19)14-20/h1-14H,15-16H2,(H,25,27)(H,26,28). The first-order chi connectivity index (χ1) is 14.2. The van der Waals surface area contributed by atoms with Gasteiger partial charge in [-0.25, -0.2) is 0 Å². The number of benzene rings is 3. The molecule has 5 heteroatoms. The Bertz CT molecular complexity index is 1190. The Balaban J connectivity index is 1.45. The van der Waals surface area contributed by atoms with E-state index < -0.39 is 0 Å². The highest BCUT2D eigenvalue weighted by molar-refractivity contribution is 5.95. The van der Waals surface area contributed by atoms with Gasteiger partial charge in [-0.05, 0) is 34.7 Å². The normalized spacial score (nSPS) is 10.8. The first kappa shape index (κ1) is 18.7. The van der Waals surface area contributed by atoms with Gasteiger partial charge in [-0.3, -0.25) is 9.59 Å². The van der Waals surface area contributed by atoms with E-state index in [-0.39, 0.29) is 18.1 Å². The predicted molar refractivity (Wildman–Crippen MR) is 115 cm³/mol. The van der Waals surface area contributed by atoms with Crippen LogP contribution in [0.2, 0.25) is 0 Å². The van der Waals surface area contributed by atoms with Crippen LogP contribution in [0.15, 0.2) is 89.7 Å². The summed E-state index contributed by atoms with van der Waals surface area (Å²) in [5, 5.41) is 4.11. The second-order valence-electron chi connectivity index (χ2n) is 6.71. The summed E-state index contributed by atoms with van der Waals surface area (Å²) in [6.07, 6.45) is 0. The van der Waals surface area contributed by atoms with Gasteiger partial charge in [0, 0.05) is 16.8 Å². The van der Waals surface area contributed by atoms with Gasteiger partial charge in [-0.15, -0.1) is 0 Å². The van der Waals surface area contributed by atoms with Gasteiger partial charge in [0.2, 0.25) is 5.91 Å². The van der Waals surface area contributed by atoms with E-state index in [1.807, 2.05) is 72.8 Å². The van der Waals surface area contributed by atoms with E-state index in [1.54, 1.807) is 12.1 Å². The van der Waals surface area contributed by atoms with Crippen molar-refractivity contribution in [1.82, 2.24) is 4.98 Å². The molecule has 0 radical (unpaired) electrons. The highest BCUT2D eigenvalue weighted by atomic mass is 16.5. The number of aromatic amines is 1. The number of carbonyl (C=O) groups excluding carboxylic acids is 1. The van der Waals surface area contributed by atoms with Gasteiger partial charge in [0.05, 0.1) is 6.61 Å². The van der Waals surface area contributed by atoms with Crippen molar-refractivity contribution in [3.8, 4) is 11.3 Å². The number of carbonyl (C=O) groups is 1. The number of nitrogens with one attached hydrogen (secondary N) is 2. The smallest absolute Gasteiger partial charge is 0.256 e. The van der Waals surface area contributed by atoms with Gasteiger partial charge in [-0.2, -0.15) is 0 Å². The Morgan fingerprint density at radius 1 is 0.897 bits per heavy atom. The number of amides is 1. The first-order valence-electron chi connectivity index (χ1n) is 9.33. The number of ether oxygens (including phenoxy) is 1. The predicted octanol–water partition coefficient (Wildman–Crippen LogP) is 4.35. The van der Waals surface area contributed by atoms with Gasteiger partial charge >= 0.3 is 0 Å². The van der Waals surface area contributed by atoms with Crippen molar-refractivity contribution in [1.29, 1.82) is 0 Å². The molecule has 1 amide bonds. The maximum absolute atomic E-state index is 12.5. The third kappa shape index (κ3) is 4.59. The van der Waals surface area contributed by atoms with Gasteiger partial charge < -0.3 is 15.0 Å². The summed E-state index contributed by atoms with van der Waals surface area (Å²) in [6.45, 7) is 0.310. The monoisotopic (exact) mass is 384 g/mol. The molecule has 4 rings (SSSR count). The minimum absolute atomic E-state index is 0.0593. The minimum Gasteiger partial charge on any atom is -0.367 e. The number of H-pyrrole nitrogens is 1. The van der Waals surface area contributed by atoms with E-state index in [0.717, 1.165) is 22.2 Å². The molecule has 144 valence electrons. The Hall–Kier alpha value is -3.70. The van der Waals surface area contributed by atoms with Gasteiger partial charge in [0.1, 0.15) is 6.61 Å². The lowest BCUT2D eigenvalue weighted by molar-refractivity contribution is -0.121. The zero-order valence-electron chi connectivity index (χ0n) is 15.7. The number of rotatable bonds is 6. The molecular weight excluding hydrogens is 364 g/mol. The maximum atomic E-state index is 12.5. The average Bonchev–Trinajstić information content (AvgIpc) is 2.75. The summed E-state index contributed by atoms with van der Waals surface area (Å²) in [7, 11) is 0. The largest absolute Gasteiger partial charge is 0.367 e. The molecule has 0 atom stereocenters. The molecule has 1 aromatic heterocycles. The molecule has 0 saturated heterocycles. The summed E-state index contributed by atoms with van der Waals surface area (Å²) < 4.78 is 5.45. The van der Waals surface area contributed by atoms with Gasteiger partial charge in [0.25, 0.3) is 5.56 Å². The molecule has 0 aliphatic rings. The topological polar surface area (TPSA) is 71.2 Å². The average molecular weight is 384 g/mol. The number of aromatic nitrogens is 1. The SMILES string of the molecule is O=C(COCc1ccccc1)Nc1ccc2cc(-c3ccccc3)[nH]c(=O)c2c1. The highest BCUT2D eigenvalue weighted by Crippen LogP contribution is 2.22. The van der Waals surface area contributed by atoms with Crippen molar-refractivity contribution in [3.05, 3.63) is 101 Å². The van der Waals surface area contributed by atoms with Crippen molar-refractivity contribution in [3.63, 3.8) is 0 Å². The zero-order chi connectivity index (χ0) is 20.1. The van der Waals surface area contributed by atoms with E-state index >= 15 is 0 Å². The van der Waals surface area contributed by atoms with Crippen molar-refractivity contribution < 1.29 is 9.53 Å². The van der Waals surface area contributed by atoms with Crippen LogP contribution in [0.5, 0.6) is 0 Å². The van der Waals surface area contributed by atoms with Crippen molar-refractivity contribution in [2.45, 2.75) is 6.61 Å². The fraction of sp³-hybridized carbons (Fsp3) is 0.0833. The van der Waals surface area contributed by atoms with E-state index in [9.17, 15) is 9.59 Å². The molecule has 0 spiro atoms. The summed E-state index contributed by atoms with van der Waals surface area (Å²) in [5.41, 5.74) is 3.07. The summed E-state index contributed by atoms with van der Waals surface area (Å²) >= 11 is 0. The molecule has 1 heterocycles. The molecule has 4 aromatic rings. The Morgan fingerprint density at radius 2 is 1.62 bits per heavy atom. The molecule has 2 N–H and O–H groups in total. The van der Waals surface area contributed by atoms with Crippen molar-refractivity contribution in [2.24, 2.45) is 0 Å². The van der Waals surface area contributed by atoms with E-state index in [0.29, 0.717) is 17.7 Å². The van der Waals surface area contributed by atoms with Crippen LogP contribution in [0.3, 0.4) is 0 Å². The van der Waals surface area contributed by atoms with Crippen LogP contribution >= 0.6 is 0 Å². The zero-order valence-corrected chi connectivity index (χ0v) is 15.7. The summed E-state index contributed by atoms with van der Waals surface area (Å²) in [6, 6.07) is 26.6. The number of pyridine rings is 1. The van der Waals surface area contributed by atoms with Crippen LogP contribution in [0.25, 0.3) is 22.0 Å². The van der Waals surface area contributed by atoms with Crippen LogP contribution < -0.4 is 10.9 Å². The quantitative estimate of drug-likeness (QED) is 0.519. The third-order valence-electron chi connectivity index (χ3n) is 4.56. The molecule has 29 heavy (non-hydrogen) atoms. The van der Waals surface area contributed by atoms with Crippen molar-refractivity contribution >= 4 is 22.4 Å². The Labute approximate surface area is 168 Å². The van der Waals surface area contributed by atoms with Crippen molar-refractivity contribution in [2.75, 3.05) is 11.9 Å². The number of anilines is 1. The Kier molecular flexibility index (Phi) is 5.49. The van der Waals surface area contributed by atoms with Gasteiger partial charge in [-0.1, -0.05) is 66.7 Å². The fourth-order valence-corrected chi connectivity index (χ4v) is 3.14. The molecular formula is C24H20N2O3. The molecule has 0 fully saturated rings. The molecule has 3 aromatic carbocycles. The number of hydrogen-bond donors (Lipinski definition) is 2. The van der Waals surface area contributed by atoms with Crippen LogP contribution in [0.1, 0.15) is 5.56 Å². The third-order valence-corrected chi connectivity index (χ3v) is 4.56. The molecule has 5 nitrogen and oxygen atoms in total. The minimum atomic E-state index is -0.266. The summed E-state index contributed by atoms with van der Waals surface area (Å²) in [5.74, 6) is -0.266. The fourth-order valence-electron chi connectivity index (χ4n) is 3.14. The second-order valence-corrected chi connectivity index (χ2v) is 6.71. The van der Waals surface area contributed by atoms with E-state index in [4.69, 9.17) is 4.74 Å². The lowest BCUT2D eigenvalue weighted by Gasteiger charge is -2.08. The molecule has 0 aliphatic heterocycles. The second kappa shape index (κ2) is 8.54. The number of fused-ring (bicyclic) bond motifs is 1.